The molecule has 0 atom stereocenters. The minimum atomic E-state index is -0.529. The van der Waals surface area contributed by atoms with Crippen molar-refractivity contribution in [3.8, 4) is 11.3 Å². The van der Waals surface area contributed by atoms with Crippen molar-refractivity contribution in [3.05, 3.63) is 64.6 Å². The number of hydrogen-bond donors (Lipinski definition) is 0. The molecule has 4 amide bonds. The lowest BCUT2D eigenvalue weighted by molar-refractivity contribution is -0.127. The first-order chi connectivity index (χ1) is 14.3. The lowest BCUT2D eigenvalue weighted by Gasteiger charge is -2.29. The van der Waals surface area contributed by atoms with Crippen LogP contribution >= 0.6 is 15.9 Å². The molecule has 0 bridgehead atoms. The van der Waals surface area contributed by atoms with E-state index in [1.165, 1.54) is 19.0 Å². The van der Waals surface area contributed by atoms with E-state index in [9.17, 15) is 14.4 Å². The van der Waals surface area contributed by atoms with Crippen LogP contribution in [0.1, 0.15) is 16.8 Å². The van der Waals surface area contributed by atoms with Crippen molar-refractivity contribution in [1.29, 1.82) is 0 Å². The summed E-state index contributed by atoms with van der Waals surface area (Å²) in [6, 6.07) is 16.1. The maximum absolute atomic E-state index is 13.1. The first-order valence-electron chi connectivity index (χ1n) is 9.17. The van der Waals surface area contributed by atoms with E-state index in [1.54, 1.807) is 12.1 Å². The van der Waals surface area contributed by atoms with Gasteiger partial charge in [-0.25, -0.2) is 9.78 Å². The summed E-state index contributed by atoms with van der Waals surface area (Å²) in [6.45, 7) is 0. The molecule has 4 rings (SSSR count). The number of amidine groups is 1. The zero-order valence-corrected chi connectivity index (χ0v) is 17.9. The average Bonchev–Trinajstić information content (AvgIpc) is 2.75. The van der Waals surface area contributed by atoms with E-state index in [0.29, 0.717) is 22.2 Å². The predicted molar refractivity (Wildman–Crippen MR) is 117 cm³/mol. The second kappa shape index (κ2) is 7.79. The molecule has 0 saturated carbocycles. The number of benzene rings is 2. The van der Waals surface area contributed by atoms with E-state index in [0.717, 1.165) is 14.9 Å². The van der Waals surface area contributed by atoms with Gasteiger partial charge in [0.2, 0.25) is 5.91 Å². The van der Waals surface area contributed by atoms with Gasteiger partial charge in [0, 0.05) is 29.5 Å². The van der Waals surface area contributed by atoms with Crippen LogP contribution in [0.2, 0.25) is 0 Å². The molecule has 3 aromatic rings. The topological polar surface area (TPSA) is 82.9 Å². The molecule has 2 heterocycles. The normalized spacial score (nSPS) is 15.9. The average molecular weight is 465 g/mol. The summed E-state index contributed by atoms with van der Waals surface area (Å²) in [5.41, 5.74) is 2.50. The van der Waals surface area contributed by atoms with Gasteiger partial charge in [0.25, 0.3) is 5.91 Å². The minimum absolute atomic E-state index is 0.118. The Hall–Kier alpha value is -3.39. The maximum atomic E-state index is 13.1. The number of aliphatic imine (C=N–C) groups is 1. The van der Waals surface area contributed by atoms with Crippen molar-refractivity contribution in [1.82, 2.24) is 14.8 Å². The molecule has 8 heteroatoms. The van der Waals surface area contributed by atoms with Gasteiger partial charge in [0.05, 0.1) is 23.2 Å². The lowest BCUT2D eigenvalue weighted by atomic mass is 10.0. The van der Waals surface area contributed by atoms with Gasteiger partial charge in [-0.3, -0.25) is 19.4 Å². The molecule has 1 aliphatic heterocycles. The van der Waals surface area contributed by atoms with Crippen LogP contribution in [0.15, 0.2) is 64.1 Å². The second-order valence-corrected chi connectivity index (χ2v) is 7.80. The molecular formula is C22H17BrN4O3. The molecule has 150 valence electrons. The highest BCUT2D eigenvalue weighted by atomic mass is 79.9. The van der Waals surface area contributed by atoms with Crippen molar-refractivity contribution >= 4 is 50.5 Å². The van der Waals surface area contributed by atoms with Gasteiger partial charge in [-0.1, -0.05) is 46.3 Å². The second-order valence-electron chi connectivity index (χ2n) is 6.88. The van der Waals surface area contributed by atoms with E-state index in [2.05, 4.69) is 25.9 Å². The molecule has 0 N–H and O–H groups in total. The smallest absolute Gasteiger partial charge is 0.284 e. The first kappa shape index (κ1) is 19.9. The SMILES string of the molecule is CN1C(=O)CC(=NC(=O)c2cc(-c3ccc(Br)cc3)nc3ccccc23)N(C)C1=O. The minimum Gasteiger partial charge on any atom is -0.284 e. The Bertz CT molecular complexity index is 1220. The third-order valence-corrected chi connectivity index (χ3v) is 5.49. The Balaban J connectivity index is 1.81. The summed E-state index contributed by atoms with van der Waals surface area (Å²) < 4.78 is 0.939. The molecule has 30 heavy (non-hydrogen) atoms. The number of hydrogen-bond acceptors (Lipinski definition) is 4. The highest BCUT2D eigenvalue weighted by Crippen LogP contribution is 2.27. The van der Waals surface area contributed by atoms with Crippen LogP contribution in [-0.4, -0.2) is 52.6 Å². The van der Waals surface area contributed by atoms with Crippen LogP contribution < -0.4 is 0 Å². The lowest BCUT2D eigenvalue weighted by Crippen LogP contribution is -2.51. The Morgan fingerprint density at radius 3 is 2.47 bits per heavy atom. The fourth-order valence-corrected chi connectivity index (χ4v) is 3.49. The quantitative estimate of drug-likeness (QED) is 0.570. The van der Waals surface area contributed by atoms with Crippen LogP contribution in [0.5, 0.6) is 0 Å². The fraction of sp³-hybridized carbons (Fsp3) is 0.136. The van der Waals surface area contributed by atoms with Crippen molar-refractivity contribution in [2.24, 2.45) is 4.99 Å². The number of pyridine rings is 1. The van der Waals surface area contributed by atoms with Crippen LogP contribution in [0.25, 0.3) is 22.2 Å². The number of amides is 4. The fourth-order valence-electron chi connectivity index (χ4n) is 3.23. The number of carbonyl (C=O) groups excluding carboxylic acids is 3. The molecule has 1 aliphatic rings. The monoisotopic (exact) mass is 464 g/mol. The van der Waals surface area contributed by atoms with E-state index < -0.39 is 17.8 Å². The summed E-state index contributed by atoms with van der Waals surface area (Å²) >= 11 is 3.41. The summed E-state index contributed by atoms with van der Waals surface area (Å²) in [6.07, 6.45) is -0.118. The van der Waals surface area contributed by atoms with Gasteiger partial charge >= 0.3 is 6.03 Å². The zero-order chi connectivity index (χ0) is 21.4. The molecule has 0 unspecified atom stereocenters. The van der Waals surface area contributed by atoms with Crippen molar-refractivity contribution in [2.45, 2.75) is 6.42 Å². The highest BCUT2D eigenvalue weighted by molar-refractivity contribution is 9.10. The van der Waals surface area contributed by atoms with Gasteiger partial charge in [-0.05, 0) is 24.3 Å². The molecule has 7 nitrogen and oxygen atoms in total. The van der Waals surface area contributed by atoms with Gasteiger partial charge in [0.1, 0.15) is 5.84 Å². The van der Waals surface area contributed by atoms with E-state index >= 15 is 0 Å². The van der Waals surface area contributed by atoms with E-state index in [-0.39, 0.29) is 12.3 Å². The number of para-hydroxylation sites is 1. The molecular weight excluding hydrogens is 448 g/mol. The third kappa shape index (κ3) is 3.61. The van der Waals surface area contributed by atoms with Gasteiger partial charge < -0.3 is 0 Å². The zero-order valence-electron chi connectivity index (χ0n) is 16.3. The number of carbonyl (C=O) groups is 3. The Morgan fingerprint density at radius 1 is 1.03 bits per heavy atom. The summed E-state index contributed by atoms with van der Waals surface area (Å²) in [4.78, 5) is 48.3. The van der Waals surface area contributed by atoms with Crippen LogP contribution in [-0.2, 0) is 4.79 Å². The number of fused-ring (bicyclic) bond motifs is 1. The number of rotatable bonds is 2. The Kier molecular flexibility index (Phi) is 5.17. The van der Waals surface area contributed by atoms with Crippen LogP contribution in [0.4, 0.5) is 4.79 Å². The molecule has 1 fully saturated rings. The van der Waals surface area contributed by atoms with Gasteiger partial charge in [0.15, 0.2) is 0 Å². The number of halogens is 1. The van der Waals surface area contributed by atoms with E-state index in [1.807, 2.05) is 42.5 Å². The standard InChI is InChI=1S/C22H17BrN4O3/c1-26-19(12-20(28)27(2)22(26)30)25-21(29)16-11-18(13-7-9-14(23)10-8-13)24-17-6-4-3-5-15(16)17/h3-11H,12H2,1-2H3. The summed E-state index contributed by atoms with van der Waals surface area (Å²) in [7, 11) is 2.90. The van der Waals surface area contributed by atoms with E-state index in [4.69, 9.17) is 0 Å². The van der Waals surface area contributed by atoms with Crippen molar-refractivity contribution in [3.63, 3.8) is 0 Å². The van der Waals surface area contributed by atoms with Crippen LogP contribution in [0.3, 0.4) is 0 Å². The molecule has 0 aliphatic carbocycles. The first-order valence-corrected chi connectivity index (χ1v) is 9.96. The molecule has 1 aromatic heterocycles. The van der Waals surface area contributed by atoms with Gasteiger partial charge in [-0.15, -0.1) is 0 Å². The largest absolute Gasteiger partial charge is 0.331 e. The molecule has 0 spiro atoms. The number of imide groups is 1. The number of urea groups is 1. The molecule has 2 aromatic carbocycles. The number of aromatic nitrogens is 1. The number of nitrogens with zero attached hydrogens (tertiary/aromatic N) is 4. The van der Waals surface area contributed by atoms with Crippen molar-refractivity contribution in [2.75, 3.05) is 14.1 Å². The third-order valence-electron chi connectivity index (χ3n) is 4.96. The predicted octanol–water partition coefficient (Wildman–Crippen LogP) is 4.12. The summed E-state index contributed by atoms with van der Waals surface area (Å²) in [5, 5.41) is 0.654. The van der Waals surface area contributed by atoms with Crippen LogP contribution in [0, 0.1) is 0 Å². The molecule has 0 radical (unpaired) electrons. The van der Waals surface area contributed by atoms with Crippen molar-refractivity contribution < 1.29 is 14.4 Å². The summed E-state index contributed by atoms with van der Waals surface area (Å²) in [5.74, 6) is -0.807. The highest BCUT2D eigenvalue weighted by Gasteiger charge is 2.32. The Morgan fingerprint density at radius 2 is 1.73 bits per heavy atom. The maximum Gasteiger partial charge on any atom is 0.331 e. The van der Waals surface area contributed by atoms with Gasteiger partial charge in [-0.2, -0.15) is 4.99 Å². The Labute approximate surface area is 181 Å². The molecule has 1 saturated heterocycles.